The van der Waals surface area contributed by atoms with E-state index in [9.17, 15) is 24.8 Å². The fraction of sp³-hybridized carbons (Fsp3) is 0.129. The summed E-state index contributed by atoms with van der Waals surface area (Å²) in [5, 5.41) is 22.0. The Bertz CT molecular complexity index is 1910. The number of aromatic hydroxyl groups is 1. The van der Waals surface area contributed by atoms with E-state index in [-0.39, 0.29) is 23.6 Å². The van der Waals surface area contributed by atoms with E-state index in [1.54, 1.807) is 18.2 Å². The molecule has 9 nitrogen and oxygen atoms in total. The molecule has 0 aliphatic heterocycles. The van der Waals surface area contributed by atoms with Gasteiger partial charge in [-0.25, -0.2) is 14.6 Å². The molecule has 0 unspecified atom stereocenters. The van der Waals surface area contributed by atoms with Crippen LogP contribution in [0.4, 0.5) is 5.69 Å². The fourth-order valence-electron chi connectivity index (χ4n) is 5.16. The highest BCUT2D eigenvalue weighted by molar-refractivity contribution is 6.06. The number of non-ortho nitro benzene ring substituents is 1. The molecule has 0 radical (unpaired) electrons. The number of carbonyl (C=O) groups excluding carboxylic acids is 1. The molecule has 40 heavy (non-hydrogen) atoms. The van der Waals surface area contributed by atoms with E-state index in [2.05, 4.69) is 0 Å². The maximum atomic E-state index is 13.7. The molecule has 3 aromatic carbocycles. The number of phenolic OH excluding ortho intramolecular Hbond substituents is 1. The summed E-state index contributed by atoms with van der Waals surface area (Å²) in [5.74, 6) is -0.580. The third kappa shape index (κ3) is 4.69. The topological polar surface area (TPSA) is 133 Å². The summed E-state index contributed by atoms with van der Waals surface area (Å²) in [6.07, 6.45) is 4.11. The van der Waals surface area contributed by atoms with Crippen molar-refractivity contribution in [2.75, 3.05) is 0 Å². The predicted octanol–water partition coefficient (Wildman–Crippen LogP) is 6.19. The van der Waals surface area contributed by atoms with E-state index in [4.69, 9.17) is 14.1 Å². The summed E-state index contributed by atoms with van der Waals surface area (Å²) < 4.78 is 11.0. The Hall–Kier alpha value is -5.31. The normalized spacial score (nSPS) is 13.8. The van der Waals surface area contributed by atoms with Crippen LogP contribution in [0.3, 0.4) is 0 Å². The Kier molecular flexibility index (Phi) is 6.31. The number of fused-ring (bicyclic) bond motifs is 3. The second-order valence-corrected chi connectivity index (χ2v) is 9.55. The van der Waals surface area contributed by atoms with Gasteiger partial charge in [-0.2, -0.15) is 0 Å². The van der Waals surface area contributed by atoms with Crippen LogP contribution >= 0.6 is 0 Å². The van der Waals surface area contributed by atoms with Crippen LogP contribution in [0, 0.1) is 10.1 Å². The van der Waals surface area contributed by atoms with Crippen LogP contribution in [-0.2, 0) is 17.8 Å². The second-order valence-electron chi connectivity index (χ2n) is 9.55. The van der Waals surface area contributed by atoms with Crippen molar-refractivity contribution in [3.8, 4) is 5.75 Å². The number of rotatable bonds is 5. The molecule has 9 heteroatoms. The number of allylic oxidation sites excluding steroid dienone is 1. The Morgan fingerprint density at radius 3 is 2.65 bits per heavy atom. The zero-order valence-corrected chi connectivity index (χ0v) is 21.1. The van der Waals surface area contributed by atoms with Crippen LogP contribution in [0.2, 0.25) is 0 Å². The van der Waals surface area contributed by atoms with E-state index in [1.165, 1.54) is 30.3 Å². The molecule has 1 aliphatic rings. The van der Waals surface area contributed by atoms with Crippen LogP contribution in [0.1, 0.15) is 45.6 Å². The molecule has 2 heterocycles. The highest BCUT2D eigenvalue weighted by atomic mass is 16.6. The third-order valence-corrected chi connectivity index (χ3v) is 6.99. The largest absolute Gasteiger partial charge is 0.508 e. The number of carbonyl (C=O) groups is 1. The highest BCUT2D eigenvalue weighted by Crippen LogP contribution is 2.37. The van der Waals surface area contributed by atoms with Crippen LogP contribution in [-0.4, -0.2) is 21.0 Å². The lowest BCUT2D eigenvalue weighted by Crippen LogP contribution is -2.16. The van der Waals surface area contributed by atoms with E-state index in [0.717, 1.165) is 29.5 Å². The van der Waals surface area contributed by atoms with Crippen molar-refractivity contribution in [2.45, 2.75) is 25.9 Å². The lowest BCUT2D eigenvalue weighted by atomic mass is 9.86. The Morgan fingerprint density at radius 2 is 1.85 bits per heavy atom. The number of pyridine rings is 1. The lowest BCUT2D eigenvalue weighted by Gasteiger charge is -2.22. The maximum absolute atomic E-state index is 13.7. The second kappa shape index (κ2) is 10.1. The molecule has 1 N–H and O–H groups in total. The molecule has 2 aromatic heterocycles. The molecule has 0 saturated heterocycles. The summed E-state index contributed by atoms with van der Waals surface area (Å²) in [7, 11) is 0. The van der Waals surface area contributed by atoms with Crippen LogP contribution in [0.5, 0.6) is 5.75 Å². The zero-order chi connectivity index (χ0) is 27.8. The Labute approximate surface area is 227 Å². The predicted molar refractivity (Wildman–Crippen MR) is 149 cm³/mol. The van der Waals surface area contributed by atoms with Crippen molar-refractivity contribution in [2.24, 2.45) is 0 Å². The minimum atomic E-state index is -0.614. The van der Waals surface area contributed by atoms with Gasteiger partial charge in [0.25, 0.3) is 5.69 Å². The van der Waals surface area contributed by atoms with E-state index in [0.29, 0.717) is 39.5 Å². The molecule has 0 spiro atoms. The number of phenols is 1. The first-order valence-corrected chi connectivity index (χ1v) is 12.7. The Balaban J connectivity index is 1.39. The van der Waals surface area contributed by atoms with E-state index in [1.807, 2.05) is 30.3 Å². The van der Waals surface area contributed by atoms with E-state index >= 15 is 0 Å². The summed E-state index contributed by atoms with van der Waals surface area (Å²) in [4.78, 5) is 41.3. The van der Waals surface area contributed by atoms with Gasteiger partial charge in [0.1, 0.15) is 17.9 Å². The van der Waals surface area contributed by atoms with E-state index < -0.39 is 16.5 Å². The van der Waals surface area contributed by atoms with Gasteiger partial charge in [-0.05, 0) is 72.4 Å². The molecule has 6 rings (SSSR count). The van der Waals surface area contributed by atoms with Gasteiger partial charge in [0.15, 0.2) is 0 Å². The third-order valence-electron chi connectivity index (χ3n) is 6.99. The van der Waals surface area contributed by atoms with Crippen molar-refractivity contribution >= 4 is 45.2 Å². The van der Waals surface area contributed by atoms with Gasteiger partial charge in [-0.15, -0.1) is 0 Å². The van der Waals surface area contributed by atoms with Crippen molar-refractivity contribution in [1.29, 1.82) is 0 Å². The quantitative estimate of drug-likeness (QED) is 0.122. The van der Waals surface area contributed by atoms with Crippen LogP contribution in [0.25, 0.3) is 33.5 Å². The SMILES string of the molecule is O=C(OCc1cc(=O)oc2cc(O)ccc12)c1c2c(nc3ccccc13)C(=Cc1ccc([N+](=O)[O-])cc1)CCC2. The molecular weight excluding hydrogens is 512 g/mol. The first-order valence-electron chi connectivity index (χ1n) is 12.7. The number of benzene rings is 3. The molecule has 0 fully saturated rings. The number of hydrogen-bond acceptors (Lipinski definition) is 8. The van der Waals surface area contributed by atoms with Crippen LogP contribution in [0.15, 0.2) is 82.0 Å². The number of esters is 1. The van der Waals surface area contributed by atoms with Gasteiger partial charge in [-0.1, -0.05) is 18.2 Å². The van der Waals surface area contributed by atoms with Gasteiger partial charge in [0.05, 0.1) is 21.7 Å². The Morgan fingerprint density at radius 1 is 1.05 bits per heavy atom. The first-order chi connectivity index (χ1) is 19.4. The summed E-state index contributed by atoms with van der Waals surface area (Å²) >= 11 is 0. The molecule has 198 valence electrons. The number of ether oxygens (including phenoxy) is 1. The van der Waals surface area contributed by atoms with Crippen molar-refractivity contribution < 1.29 is 24.0 Å². The standard InChI is InChI=1S/C31H22N2O7/c34-22-12-13-23-20(15-28(35)40-27(23)16-22)17-39-31(36)29-24-5-1-2-7-26(24)32-30-19(4-3-6-25(29)30)14-18-8-10-21(11-9-18)33(37)38/h1-2,5,7-16,34H,3-4,6,17H2. The van der Waals surface area contributed by atoms with Gasteiger partial charge in [-0.3, -0.25) is 10.1 Å². The average molecular weight is 535 g/mol. The smallest absolute Gasteiger partial charge is 0.339 e. The minimum Gasteiger partial charge on any atom is -0.508 e. The van der Waals surface area contributed by atoms with Crippen molar-refractivity contribution in [1.82, 2.24) is 4.98 Å². The molecular formula is C31H22N2O7. The lowest BCUT2D eigenvalue weighted by molar-refractivity contribution is -0.384. The van der Waals surface area contributed by atoms with Gasteiger partial charge in [0.2, 0.25) is 0 Å². The number of nitro benzene ring substituents is 1. The monoisotopic (exact) mass is 534 g/mol. The van der Waals surface area contributed by atoms with Crippen molar-refractivity contribution in [3.05, 3.63) is 121 Å². The maximum Gasteiger partial charge on any atom is 0.339 e. The first kappa shape index (κ1) is 25.0. The van der Waals surface area contributed by atoms with Crippen LogP contribution < -0.4 is 5.63 Å². The zero-order valence-electron chi connectivity index (χ0n) is 21.1. The summed E-state index contributed by atoms with van der Waals surface area (Å²) in [5.41, 5.74) is 4.36. The highest BCUT2D eigenvalue weighted by Gasteiger charge is 2.26. The molecule has 0 atom stereocenters. The molecule has 0 bridgehead atoms. The fourth-order valence-corrected chi connectivity index (χ4v) is 5.16. The number of para-hydroxylation sites is 1. The number of hydrogen-bond donors (Lipinski definition) is 1. The molecule has 5 aromatic rings. The number of aromatic nitrogens is 1. The van der Waals surface area contributed by atoms with Crippen molar-refractivity contribution in [3.63, 3.8) is 0 Å². The average Bonchev–Trinajstić information content (AvgIpc) is 2.94. The molecule has 0 saturated carbocycles. The number of nitro groups is 1. The van der Waals surface area contributed by atoms with Gasteiger partial charge < -0.3 is 14.3 Å². The summed E-state index contributed by atoms with van der Waals surface area (Å²) in [6.45, 7) is -0.164. The number of nitrogens with zero attached hydrogens (tertiary/aromatic N) is 2. The molecule has 0 amide bonds. The minimum absolute atomic E-state index is 0.0149. The van der Waals surface area contributed by atoms with Gasteiger partial charge >= 0.3 is 11.6 Å². The van der Waals surface area contributed by atoms with Gasteiger partial charge in [0, 0.05) is 40.6 Å². The molecule has 1 aliphatic carbocycles. The summed E-state index contributed by atoms with van der Waals surface area (Å²) in [6, 6.07) is 19.4.